The minimum absolute atomic E-state index is 0.0233. The second-order valence-electron chi connectivity index (χ2n) is 9.59. The van der Waals surface area contributed by atoms with Crippen molar-refractivity contribution in [3.63, 3.8) is 0 Å². The van der Waals surface area contributed by atoms with E-state index in [1.807, 2.05) is 41.1 Å². The summed E-state index contributed by atoms with van der Waals surface area (Å²) in [6.45, 7) is 3.45. The minimum Gasteiger partial charge on any atom is -0.363 e. The minimum atomic E-state index is -0.593. The molecule has 2 aliphatic heterocycles. The van der Waals surface area contributed by atoms with Crippen LogP contribution >= 0.6 is 0 Å². The molecule has 0 N–H and O–H groups in total. The summed E-state index contributed by atoms with van der Waals surface area (Å²) in [5.74, 6) is 0.799. The van der Waals surface area contributed by atoms with Gasteiger partial charge in [0.15, 0.2) is 0 Å². The van der Waals surface area contributed by atoms with Crippen LogP contribution in [0.25, 0.3) is 0 Å². The van der Waals surface area contributed by atoms with Gasteiger partial charge >= 0.3 is 0 Å². The van der Waals surface area contributed by atoms with E-state index < -0.39 is 5.41 Å². The Morgan fingerprint density at radius 1 is 1.12 bits per heavy atom. The fourth-order valence-corrected chi connectivity index (χ4v) is 5.26. The largest absolute Gasteiger partial charge is 0.363 e. The molecular weight excluding hydrogens is 419 g/mol. The molecule has 176 valence electrons. The number of nitrogens with zero attached hydrogens (tertiary/aromatic N) is 4. The van der Waals surface area contributed by atoms with Crippen molar-refractivity contribution in [3.8, 4) is 0 Å². The number of aromatic nitrogens is 1. The van der Waals surface area contributed by atoms with Crippen LogP contribution in [0, 0.1) is 11.2 Å². The van der Waals surface area contributed by atoms with Gasteiger partial charge in [-0.2, -0.15) is 0 Å². The number of amides is 2. The number of hydrogen-bond acceptors (Lipinski definition) is 4. The third-order valence-corrected chi connectivity index (χ3v) is 7.20. The molecule has 0 saturated carbocycles. The van der Waals surface area contributed by atoms with Crippen molar-refractivity contribution < 1.29 is 14.0 Å². The van der Waals surface area contributed by atoms with Gasteiger partial charge in [0.1, 0.15) is 11.6 Å². The Hall–Kier alpha value is -2.96. The zero-order valence-electron chi connectivity index (χ0n) is 19.8. The zero-order chi connectivity index (χ0) is 23.6. The van der Waals surface area contributed by atoms with E-state index in [0.29, 0.717) is 32.4 Å². The lowest BCUT2D eigenvalue weighted by molar-refractivity contribution is -0.149. The van der Waals surface area contributed by atoms with Crippen molar-refractivity contribution in [2.45, 2.75) is 45.1 Å². The van der Waals surface area contributed by atoms with Crippen molar-refractivity contribution in [1.82, 2.24) is 14.8 Å². The molecule has 2 fully saturated rings. The lowest BCUT2D eigenvalue weighted by atomic mass is 9.72. The summed E-state index contributed by atoms with van der Waals surface area (Å²) in [5.41, 5.74) is 1.47. The van der Waals surface area contributed by atoms with E-state index in [1.54, 1.807) is 19.1 Å². The fraction of sp³-hybridized carbons (Fsp3) is 0.500. The quantitative estimate of drug-likeness (QED) is 0.692. The van der Waals surface area contributed by atoms with Crippen molar-refractivity contribution in [2.75, 3.05) is 38.6 Å². The molecule has 0 bridgehead atoms. The smallest absolute Gasteiger partial charge is 0.229 e. The number of piperidine rings is 1. The van der Waals surface area contributed by atoms with Crippen LogP contribution in [0.4, 0.5) is 10.2 Å². The molecule has 2 saturated heterocycles. The first-order chi connectivity index (χ1) is 15.8. The summed E-state index contributed by atoms with van der Waals surface area (Å²) in [6, 6.07) is 10.6. The fourth-order valence-electron chi connectivity index (χ4n) is 5.26. The highest BCUT2D eigenvalue weighted by molar-refractivity contribution is 5.84. The number of rotatable bonds is 5. The Bertz CT molecular complexity index is 1000. The second kappa shape index (κ2) is 9.49. The Labute approximate surface area is 195 Å². The normalized spacial score (nSPS) is 20.1. The lowest BCUT2D eigenvalue weighted by Gasteiger charge is -2.43. The van der Waals surface area contributed by atoms with E-state index in [4.69, 9.17) is 0 Å². The van der Waals surface area contributed by atoms with Crippen LogP contribution in [0.3, 0.4) is 0 Å². The summed E-state index contributed by atoms with van der Waals surface area (Å²) < 4.78 is 13.5. The number of carbonyl (C=O) groups excluding carboxylic acids is 2. The van der Waals surface area contributed by atoms with Gasteiger partial charge in [0.05, 0.1) is 11.5 Å². The molecule has 2 aromatic rings. The number of carbonyl (C=O) groups is 2. The first kappa shape index (κ1) is 23.2. The first-order valence-electron chi connectivity index (χ1n) is 11.7. The molecule has 4 rings (SSSR count). The number of pyridine rings is 1. The van der Waals surface area contributed by atoms with Gasteiger partial charge in [-0.25, -0.2) is 9.37 Å². The molecule has 0 radical (unpaired) electrons. The third-order valence-electron chi connectivity index (χ3n) is 7.20. The molecule has 0 unspecified atom stereocenters. The summed E-state index contributed by atoms with van der Waals surface area (Å²) in [6.07, 6.45) is 5.49. The summed E-state index contributed by atoms with van der Waals surface area (Å²) in [5, 5.41) is 0. The highest BCUT2D eigenvalue weighted by Crippen LogP contribution is 2.42. The molecule has 2 amide bonds. The van der Waals surface area contributed by atoms with Crippen molar-refractivity contribution in [1.29, 1.82) is 0 Å². The molecule has 1 atom stereocenters. The number of likely N-dealkylation sites (tertiary alicyclic amines) is 2. The maximum atomic E-state index is 14.2. The van der Waals surface area contributed by atoms with E-state index in [2.05, 4.69) is 11.1 Å². The highest BCUT2D eigenvalue weighted by atomic mass is 19.1. The molecule has 1 aromatic carbocycles. The molecule has 33 heavy (non-hydrogen) atoms. The van der Waals surface area contributed by atoms with Crippen LogP contribution < -0.4 is 4.90 Å². The van der Waals surface area contributed by atoms with Gasteiger partial charge < -0.3 is 14.7 Å². The summed E-state index contributed by atoms with van der Waals surface area (Å²) in [4.78, 5) is 36.4. The van der Waals surface area contributed by atoms with Crippen LogP contribution in [-0.2, 0) is 16.0 Å². The topological polar surface area (TPSA) is 56.8 Å². The predicted molar refractivity (Wildman–Crippen MR) is 126 cm³/mol. The average molecular weight is 453 g/mol. The predicted octanol–water partition coefficient (Wildman–Crippen LogP) is 3.82. The standard InChI is InChI=1S/C26H33FN4O2/c1-19(32)30-15-11-26(12-16-30,18-20-6-8-22(27)9-7-20)25(33)31-14-4-5-23(31)21-10-13-28-24(17-21)29(2)3/h6-10,13,17,23H,4-5,11-12,14-16,18H2,1-3H3/t23-/m0/s1. The molecule has 7 heteroatoms. The van der Waals surface area contributed by atoms with Crippen LogP contribution in [-0.4, -0.2) is 60.3 Å². The van der Waals surface area contributed by atoms with E-state index >= 15 is 0 Å². The van der Waals surface area contributed by atoms with Gasteiger partial charge in [0.25, 0.3) is 0 Å². The van der Waals surface area contributed by atoms with E-state index in [9.17, 15) is 14.0 Å². The van der Waals surface area contributed by atoms with E-state index in [-0.39, 0.29) is 23.7 Å². The Morgan fingerprint density at radius 2 is 1.82 bits per heavy atom. The molecule has 1 aromatic heterocycles. The van der Waals surface area contributed by atoms with Crippen LogP contribution in [0.1, 0.15) is 49.8 Å². The van der Waals surface area contributed by atoms with Crippen LogP contribution in [0.15, 0.2) is 42.6 Å². The second-order valence-corrected chi connectivity index (χ2v) is 9.59. The summed E-state index contributed by atoms with van der Waals surface area (Å²) in [7, 11) is 3.92. The number of hydrogen-bond donors (Lipinski definition) is 0. The van der Waals surface area contributed by atoms with Gasteiger partial charge in [-0.05, 0) is 67.5 Å². The molecule has 3 heterocycles. The van der Waals surface area contributed by atoms with E-state index in [0.717, 1.165) is 36.3 Å². The molecule has 6 nitrogen and oxygen atoms in total. The van der Waals surface area contributed by atoms with E-state index in [1.165, 1.54) is 12.1 Å². The van der Waals surface area contributed by atoms with Gasteiger partial charge in [-0.15, -0.1) is 0 Å². The lowest BCUT2D eigenvalue weighted by Crippen LogP contribution is -2.52. The first-order valence-corrected chi connectivity index (χ1v) is 11.7. The molecule has 2 aliphatic rings. The van der Waals surface area contributed by atoms with Crippen LogP contribution in [0.5, 0.6) is 0 Å². The van der Waals surface area contributed by atoms with Crippen molar-refractivity contribution in [3.05, 3.63) is 59.5 Å². The van der Waals surface area contributed by atoms with Gasteiger partial charge in [0, 0.05) is 46.9 Å². The van der Waals surface area contributed by atoms with Gasteiger partial charge in [-0.3, -0.25) is 9.59 Å². The van der Waals surface area contributed by atoms with Crippen molar-refractivity contribution >= 4 is 17.6 Å². The monoisotopic (exact) mass is 452 g/mol. The SMILES string of the molecule is CC(=O)N1CCC(Cc2ccc(F)cc2)(C(=O)N2CCC[C@H]2c2ccnc(N(C)C)c2)CC1. The molecular formula is C26H33FN4O2. The number of anilines is 1. The third kappa shape index (κ3) is 4.87. The molecule has 0 aliphatic carbocycles. The number of halogens is 1. The zero-order valence-corrected chi connectivity index (χ0v) is 19.8. The van der Waals surface area contributed by atoms with Crippen molar-refractivity contribution in [2.24, 2.45) is 5.41 Å². The highest BCUT2D eigenvalue weighted by Gasteiger charge is 2.46. The Morgan fingerprint density at radius 3 is 2.45 bits per heavy atom. The van der Waals surface area contributed by atoms with Gasteiger partial charge in [0.2, 0.25) is 11.8 Å². The Kier molecular flexibility index (Phi) is 6.68. The average Bonchev–Trinajstić information content (AvgIpc) is 3.30. The van der Waals surface area contributed by atoms with Crippen LogP contribution in [0.2, 0.25) is 0 Å². The maximum Gasteiger partial charge on any atom is 0.229 e. The summed E-state index contributed by atoms with van der Waals surface area (Å²) >= 11 is 0. The Balaban J connectivity index is 1.63. The van der Waals surface area contributed by atoms with Gasteiger partial charge in [-0.1, -0.05) is 12.1 Å². The number of benzene rings is 1. The maximum absolute atomic E-state index is 14.2. The molecule has 0 spiro atoms.